The van der Waals surface area contributed by atoms with Gasteiger partial charge in [0.05, 0.1) is 0 Å². The van der Waals surface area contributed by atoms with Crippen molar-refractivity contribution in [2.45, 2.75) is 38.8 Å². The number of benzene rings is 1. The van der Waals surface area contributed by atoms with Crippen molar-refractivity contribution in [1.82, 2.24) is 5.32 Å². The predicted molar refractivity (Wildman–Crippen MR) is 85.3 cm³/mol. The summed E-state index contributed by atoms with van der Waals surface area (Å²) in [7, 11) is 0. The lowest BCUT2D eigenvalue weighted by Gasteiger charge is -2.41. The number of anilines is 1. The topological polar surface area (TPSA) is 15.3 Å². The fourth-order valence-corrected chi connectivity index (χ4v) is 3.72. The van der Waals surface area contributed by atoms with Crippen molar-refractivity contribution in [2.75, 3.05) is 18.0 Å². The Hall–Kier alpha value is -1.06. The average molecular weight is 274 g/mol. The van der Waals surface area contributed by atoms with E-state index < -0.39 is 0 Å². The van der Waals surface area contributed by atoms with E-state index in [1.807, 2.05) is 11.3 Å². The highest BCUT2D eigenvalue weighted by Gasteiger charge is 2.25. The second kappa shape index (κ2) is 5.51. The van der Waals surface area contributed by atoms with Crippen LogP contribution in [0.2, 0.25) is 0 Å². The lowest BCUT2D eigenvalue weighted by atomic mass is 10.0. The van der Waals surface area contributed by atoms with Crippen LogP contribution in [-0.2, 0) is 0 Å². The molecule has 2 atom stereocenters. The summed E-state index contributed by atoms with van der Waals surface area (Å²) in [6.07, 6.45) is 2.40. The second-order valence-corrected chi connectivity index (χ2v) is 6.32. The first-order valence-electron chi connectivity index (χ1n) is 7.29. The van der Waals surface area contributed by atoms with Gasteiger partial charge in [-0.2, -0.15) is 0 Å². The molecule has 1 fully saturated rings. The van der Waals surface area contributed by atoms with Crippen LogP contribution in [0.5, 0.6) is 0 Å². The van der Waals surface area contributed by atoms with Crippen LogP contribution in [0.1, 0.15) is 26.7 Å². The van der Waals surface area contributed by atoms with Gasteiger partial charge in [0, 0.05) is 35.6 Å². The highest BCUT2D eigenvalue weighted by Crippen LogP contribution is 2.28. The fourth-order valence-electron chi connectivity index (χ4n) is 2.95. The Balaban J connectivity index is 1.91. The lowest BCUT2D eigenvalue weighted by Crippen LogP contribution is -2.56. The molecule has 0 amide bonds. The van der Waals surface area contributed by atoms with Gasteiger partial charge >= 0.3 is 0 Å². The molecule has 1 N–H and O–H groups in total. The first-order chi connectivity index (χ1) is 9.31. The highest BCUT2D eigenvalue weighted by atomic mass is 32.1. The number of fused-ring (bicyclic) bond motifs is 1. The molecule has 0 bridgehead atoms. The Morgan fingerprint density at radius 3 is 2.95 bits per heavy atom. The summed E-state index contributed by atoms with van der Waals surface area (Å²) in [4.78, 5) is 2.60. The number of thiophene rings is 1. The zero-order chi connectivity index (χ0) is 13.2. The summed E-state index contributed by atoms with van der Waals surface area (Å²) < 4.78 is 1.39. The Bertz CT molecular complexity index is 548. The average Bonchev–Trinajstić information content (AvgIpc) is 2.93. The number of hydrogen-bond donors (Lipinski definition) is 1. The Kier molecular flexibility index (Phi) is 3.76. The van der Waals surface area contributed by atoms with E-state index in [2.05, 4.69) is 53.7 Å². The van der Waals surface area contributed by atoms with E-state index in [-0.39, 0.29) is 0 Å². The fraction of sp³-hybridized carbons (Fsp3) is 0.500. The van der Waals surface area contributed by atoms with Crippen molar-refractivity contribution in [2.24, 2.45) is 0 Å². The number of rotatable bonds is 3. The maximum Gasteiger partial charge on any atom is 0.0412 e. The zero-order valence-corrected chi connectivity index (χ0v) is 12.5. The van der Waals surface area contributed by atoms with Crippen LogP contribution >= 0.6 is 11.3 Å². The third kappa shape index (κ3) is 2.49. The van der Waals surface area contributed by atoms with Gasteiger partial charge in [-0.15, -0.1) is 11.3 Å². The number of piperazine rings is 1. The van der Waals surface area contributed by atoms with Crippen LogP contribution in [0.15, 0.2) is 29.6 Å². The number of nitrogens with zero attached hydrogens (tertiary/aromatic N) is 1. The van der Waals surface area contributed by atoms with Crippen molar-refractivity contribution in [3.05, 3.63) is 29.6 Å². The van der Waals surface area contributed by atoms with Crippen molar-refractivity contribution >= 4 is 27.1 Å². The van der Waals surface area contributed by atoms with Crippen LogP contribution in [0.4, 0.5) is 5.69 Å². The Morgan fingerprint density at radius 1 is 1.26 bits per heavy atom. The first kappa shape index (κ1) is 12.9. The molecule has 0 saturated carbocycles. The van der Waals surface area contributed by atoms with E-state index in [9.17, 15) is 0 Å². The van der Waals surface area contributed by atoms with Gasteiger partial charge in [0.25, 0.3) is 0 Å². The van der Waals surface area contributed by atoms with Crippen LogP contribution < -0.4 is 10.2 Å². The SMILES string of the molecule is CCC1CN(c2ccc3sccc3c2)C(CC)CN1. The van der Waals surface area contributed by atoms with Crippen molar-refractivity contribution in [3.8, 4) is 0 Å². The van der Waals surface area contributed by atoms with Gasteiger partial charge in [0.15, 0.2) is 0 Å². The van der Waals surface area contributed by atoms with E-state index in [0.29, 0.717) is 12.1 Å². The molecule has 1 saturated heterocycles. The van der Waals surface area contributed by atoms with Crippen LogP contribution in [-0.4, -0.2) is 25.2 Å². The van der Waals surface area contributed by atoms with Gasteiger partial charge < -0.3 is 10.2 Å². The predicted octanol–water partition coefficient (Wildman–Crippen LogP) is 3.87. The summed E-state index contributed by atoms with van der Waals surface area (Å²) in [5, 5.41) is 7.22. The van der Waals surface area contributed by atoms with Crippen molar-refractivity contribution in [3.63, 3.8) is 0 Å². The molecule has 2 nitrogen and oxygen atoms in total. The molecule has 3 rings (SSSR count). The summed E-state index contributed by atoms with van der Waals surface area (Å²) in [5.41, 5.74) is 1.39. The second-order valence-electron chi connectivity index (χ2n) is 5.37. The molecule has 0 aliphatic carbocycles. The van der Waals surface area contributed by atoms with Crippen LogP contribution in [0.3, 0.4) is 0 Å². The monoisotopic (exact) mass is 274 g/mol. The molecular formula is C16H22N2S. The molecule has 0 radical (unpaired) electrons. The van der Waals surface area contributed by atoms with Gasteiger partial charge in [-0.05, 0) is 47.9 Å². The van der Waals surface area contributed by atoms with Crippen molar-refractivity contribution < 1.29 is 0 Å². The molecule has 2 heterocycles. The number of nitrogens with one attached hydrogen (secondary N) is 1. The molecule has 1 aromatic heterocycles. The summed E-state index contributed by atoms with van der Waals surface area (Å²) in [5.74, 6) is 0. The number of hydrogen-bond acceptors (Lipinski definition) is 3. The third-order valence-electron chi connectivity index (χ3n) is 4.23. The summed E-state index contributed by atoms with van der Waals surface area (Å²) in [6, 6.07) is 10.4. The minimum atomic E-state index is 0.624. The van der Waals surface area contributed by atoms with Gasteiger partial charge in [-0.3, -0.25) is 0 Å². The molecule has 2 unspecified atom stereocenters. The summed E-state index contributed by atoms with van der Waals surface area (Å²) in [6.45, 7) is 6.79. The smallest absolute Gasteiger partial charge is 0.0412 e. The maximum absolute atomic E-state index is 3.66. The molecule has 1 aliphatic heterocycles. The standard InChI is InChI=1S/C16H22N2S/c1-3-13-11-18(14(4-2)10-17-13)15-5-6-16-12(9-15)7-8-19-16/h5-9,13-14,17H,3-4,10-11H2,1-2H3. The van der Waals surface area contributed by atoms with Crippen LogP contribution in [0.25, 0.3) is 10.1 Å². The minimum absolute atomic E-state index is 0.624. The zero-order valence-electron chi connectivity index (χ0n) is 11.7. The minimum Gasteiger partial charge on any atom is -0.366 e. The van der Waals surface area contributed by atoms with Crippen LogP contribution in [0, 0.1) is 0 Å². The first-order valence-corrected chi connectivity index (χ1v) is 8.17. The normalized spacial score (nSPS) is 24.0. The molecule has 3 heteroatoms. The molecule has 1 aliphatic rings. The van der Waals surface area contributed by atoms with Crippen molar-refractivity contribution in [1.29, 1.82) is 0 Å². The van der Waals surface area contributed by atoms with Gasteiger partial charge in [0.1, 0.15) is 0 Å². The van der Waals surface area contributed by atoms with Gasteiger partial charge in [-0.25, -0.2) is 0 Å². The Morgan fingerprint density at radius 2 is 2.16 bits per heavy atom. The molecule has 19 heavy (non-hydrogen) atoms. The molecule has 2 aromatic rings. The lowest BCUT2D eigenvalue weighted by molar-refractivity contribution is 0.379. The molecule has 102 valence electrons. The highest BCUT2D eigenvalue weighted by molar-refractivity contribution is 7.17. The quantitative estimate of drug-likeness (QED) is 0.914. The third-order valence-corrected chi connectivity index (χ3v) is 5.13. The Labute approximate surface area is 119 Å². The summed E-state index contributed by atoms with van der Waals surface area (Å²) >= 11 is 1.82. The maximum atomic E-state index is 3.66. The van der Waals surface area contributed by atoms with E-state index in [1.54, 1.807) is 0 Å². The largest absolute Gasteiger partial charge is 0.366 e. The van der Waals surface area contributed by atoms with E-state index >= 15 is 0 Å². The van der Waals surface area contributed by atoms with E-state index in [4.69, 9.17) is 0 Å². The molecule has 0 spiro atoms. The van der Waals surface area contributed by atoms with E-state index in [1.165, 1.54) is 28.6 Å². The van der Waals surface area contributed by atoms with Gasteiger partial charge in [0.2, 0.25) is 0 Å². The molecular weight excluding hydrogens is 252 g/mol. The molecule has 1 aromatic carbocycles. The van der Waals surface area contributed by atoms with E-state index in [0.717, 1.165) is 13.1 Å². The van der Waals surface area contributed by atoms with Gasteiger partial charge in [-0.1, -0.05) is 13.8 Å².